The summed E-state index contributed by atoms with van der Waals surface area (Å²) in [6, 6.07) is 14.7. The first-order chi connectivity index (χ1) is 10.8. The molecular weight excluding hydrogens is 290 g/mol. The van der Waals surface area contributed by atoms with Crippen LogP contribution in [0.3, 0.4) is 0 Å². The molecule has 0 radical (unpaired) electrons. The molecule has 1 amide bonds. The van der Waals surface area contributed by atoms with E-state index in [9.17, 15) is 9.59 Å². The van der Waals surface area contributed by atoms with E-state index in [1.165, 1.54) is 0 Å². The average molecular weight is 311 g/mol. The fourth-order valence-corrected chi connectivity index (χ4v) is 2.62. The van der Waals surface area contributed by atoms with Crippen LogP contribution in [0, 0.1) is 6.92 Å². The Labute approximate surface area is 136 Å². The Hall–Kier alpha value is -2.62. The van der Waals surface area contributed by atoms with Crippen molar-refractivity contribution in [3.8, 4) is 0 Å². The molecule has 0 fully saturated rings. The summed E-state index contributed by atoms with van der Waals surface area (Å²) < 4.78 is 0. The second-order valence-electron chi connectivity index (χ2n) is 6.16. The number of carbonyl (C=O) groups is 2. The largest absolute Gasteiger partial charge is 0.481 e. The Kier molecular flexibility index (Phi) is 4.84. The molecule has 2 N–H and O–H groups in total. The van der Waals surface area contributed by atoms with Crippen LogP contribution in [0.1, 0.15) is 30.5 Å². The zero-order valence-electron chi connectivity index (χ0n) is 13.6. The highest BCUT2D eigenvalue weighted by Crippen LogP contribution is 2.28. The summed E-state index contributed by atoms with van der Waals surface area (Å²) in [5, 5.41) is 11.8. The number of nitrogens with one attached hydrogen (secondary N) is 1. The van der Waals surface area contributed by atoms with Crippen molar-refractivity contribution in [3.63, 3.8) is 0 Å². The standard InChI is InChI=1S/C19H21NO3/c1-13-7-4-5-10-16(13)19(2,3)18(23)20-15-9-6-8-14(11-15)12-17(21)22/h4-11H,12H2,1-3H3,(H,20,23)(H,21,22). The van der Waals surface area contributed by atoms with Crippen LogP contribution in [-0.2, 0) is 21.4 Å². The minimum Gasteiger partial charge on any atom is -0.481 e. The highest BCUT2D eigenvalue weighted by atomic mass is 16.4. The third-order valence-corrected chi connectivity index (χ3v) is 3.93. The van der Waals surface area contributed by atoms with Gasteiger partial charge in [-0.2, -0.15) is 0 Å². The summed E-state index contributed by atoms with van der Waals surface area (Å²) in [4.78, 5) is 23.5. The Morgan fingerprint density at radius 3 is 2.43 bits per heavy atom. The molecule has 0 heterocycles. The minimum atomic E-state index is -0.895. The summed E-state index contributed by atoms with van der Waals surface area (Å²) in [6.45, 7) is 5.75. The number of amides is 1. The van der Waals surface area contributed by atoms with Crippen LogP contribution >= 0.6 is 0 Å². The first-order valence-corrected chi connectivity index (χ1v) is 7.49. The van der Waals surface area contributed by atoms with Gasteiger partial charge in [-0.05, 0) is 49.6 Å². The van der Waals surface area contributed by atoms with Gasteiger partial charge in [-0.15, -0.1) is 0 Å². The molecule has 0 bridgehead atoms. The number of aliphatic carboxylic acids is 1. The zero-order chi connectivity index (χ0) is 17.0. The van der Waals surface area contributed by atoms with Crippen LogP contribution in [0.25, 0.3) is 0 Å². The minimum absolute atomic E-state index is 0.0646. The number of anilines is 1. The molecule has 23 heavy (non-hydrogen) atoms. The molecule has 0 spiro atoms. The van der Waals surface area contributed by atoms with Gasteiger partial charge in [0.1, 0.15) is 0 Å². The maximum Gasteiger partial charge on any atom is 0.307 e. The van der Waals surface area contributed by atoms with Crippen molar-refractivity contribution in [2.24, 2.45) is 0 Å². The SMILES string of the molecule is Cc1ccccc1C(C)(C)C(=O)Nc1cccc(CC(=O)O)c1. The lowest BCUT2D eigenvalue weighted by Crippen LogP contribution is -2.35. The van der Waals surface area contributed by atoms with E-state index in [4.69, 9.17) is 5.11 Å². The Bertz CT molecular complexity index is 735. The van der Waals surface area contributed by atoms with Crippen molar-refractivity contribution < 1.29 is 14.7 Å². The van der Waals surface area contributed by atoms with E-state index >= 15 is 0 Å². The van der Waals surface area contributed by atoms with E-state index in [1.807, 2.05) is 45.0 Å². The average Bonchev–Trinajstić information content (AvgIpc) is 2.47. The van der Waals surface area contributed by atoms with Crippen molar-refractivity contribution in [1.29, 1.82) is 0 Å². The van der Waals surface area contributed by atoms with Gasteiger partial charge in [0.25, 0.3) is 0 Å². The van der Waals surface area contributed by atoms with Gasteiger partial charge in [0.05, 0.1) is 11.8 Å². The van der Waals surface area contributed by atoms with Gasteiger partial charge in [0, 0.05) is 5.69 Å². The molecule has 0 aliphatic carbocycles. The van der Waals surface area contributed by atoms with E-state index in [0.717, 1.165) is 11.1 Å². The number of hydrogen-bond donors (Lipinski definition) is 2. The van der Waals surface area contributed by atoms with Crippen molar-refractivity contribution >= 4 is 17.6 Å². The summed E-state index contributed by atoms with van der Waals surface area (Å²) in [7, 11) is 0. The van der Waals surface area contributed by atoms with Crippen LogP contribution in [0.2, 0.25) is 0 Å². The third-order valence-electron chi connectivity index (χ3n) is 3.93. The van der Waals surface area contributed by atoms with E-state index in [0.29, 0.717) is 11.3 Å². The van der Waals surface area contributed by atoms with E-state index in [2.05, 4.69) is 5.32 Å². The fourth-order valence-electron chi connectivity index (χ4n) is 2.62. The van der Waals surface area contributed by atoms with E-state index in [1.54, 1.807) is 24.3 Å². The van der Waals surface area contributed by atoms with Gasteiger partial charge in [0.2, 0.25) is 5.91 Å². The zero-order valence-corrected chi connectivity index (χ0v) is 13.6. The van der Waals surface area contributed by atoms with Crippen LogP contribution in [0.4, 0.5) is 5.69 Å². The lowest BCUT2D eigenvalue weighted by molar-refractivity contribution is -0.136. The van der Waals surface area contributed by atoms with Crippen LogP contribution in [0.15, 0.2) is 48.5 Å². The smallest absolute Gasteiger partial charge is 0.307 e. The molecule has 2 rings (SSSR count). The predicted molar refractivity (Wildman–Crippen MR) is 90.6 cm³/mol. The highest BCUT2D eigenvalue weighted by Gasteiger charge is 2.31. The number of carboxylic acid groups (broad SMARTS) is 1. The highest BCUT2D eigenvalue weighted by molar-refractivity contribution is 5.98. The van der Waals surface area contributed by atoms with E-state index < -0.39 is 11.4 Å². The van der Waals surface area contributed by atoms with Crippen molar-refractivity contribution in [1.82, 2.24) is 0 Å². The molecule has 2 aromatic rings. The molecule has 0 aliphatic heterocycles. The monoisotopic (exact) mass is 311 g/mol. The molecule has 4 heteroatoms. The third kappa shape index (κ3) is 3.97. The molecule has 4 nitrogen and oxygen atoms in total. The van der Waals surface area contributed by atoms with Gasteiger partial charge >= 0.3 is 5.97 Å². The number of rotatable bonds is 5. The molecule has 0 unspecified atom stereocenters. The lowest BCUT2D eigenvalue weighted by Gasteiger charge is -2.26. The van der Waals surface area contributed by atoms with Gasteiger partial charge in [0.15, 0.2) is 0 Å². The predicted octanol–water partition coefficient (Wildman–Crippen LogP) is 3.54. The maximum atomic E-state index is 12.7. The second kappa shape index (κ2) is 6.65. The molecule has 0 saturated heterocycles. The Morgan fingerprint density at radius 1 is 1.09 bits per heavy atom. The summed E-state index contributed by atoms with van der Waals surface area (Å²) in [5.41, 5.74) is 2.61. The number of hydrogen-bond acceptors (Lipinski definition) is 2. The Balaban J connectivity index is 2.21. The normalized spacial score (nSPS) is 11.1. The summed E-state index contributed by atoms with van der Waals surface area (Å²) in [6.07, 6.45) is -0.0646. The molecule has 2 aromatic carbocycles. The fraction of sp³-hybridized carbons (Fsp3) is 0.263. The maximum absolute atomic E-state index is 12.7. The summed E-state index contributed by atoms with van der Waals surface area (Å²) >= 11 is 0. The quantitative estimate of drug-likeness (QED) is 0.887. The van der Waals surface area contributed by atoms with Crippen molar-refractivity contribution in [2.45, 2.75) is 32.6 Å². The molecule has 0 aromatic heterocycles. The first kappa shape index (κ1) is 16.7. The van der Waals surface area contributed by atoms with Crippen LogP contribution in [0.5, 0.6) is 0 Å². The topological polar surface area (TPSA) is 66.4 Å². The molecule has 120 valence electrons. The number of carbonyl (C=O) groups excluding carboxylic acids is 1. The van der Waals surface area contributed by atoms with E-state index in [-0.39, 0.29) is 12.3 Å². The van der Waals surface area contributed by atoms with Crippen molar-refractivity contribution in [3.05, 3.63) is 65.2 Å². The number of benzene rings is 2. The van der Waals surface area contributed by atoms with Gasteiger partial charge in [-0.25, -0.2) is 0 Å². The molecule has 0 saturated carbocycles. The summed E-state index contributed by atoms with van der Waals surface area (Å²) in [5.74, 6) is -1.02. The second-order valence-corrected chi connectivity index (χ2v) is 6.16. The number of carboxylic acids is 1. The Morgan fingerprint density at radius 2 is 1.78 bits per heavy atom. The van der Waals surface area contributed by atoms with Crippen molar-refractivity contribution in [2.75, 3.05) is 5.32 Å². The molecular formula is C19H21NO3. The van der Waals surface area contributed by atoms with Gasteiger partial charge in [-0.1, -0.05) is 36.4 Å². The van der Waals surface area contributed by atoms with Crippen LogP contribution < -0.4 is 5.32 Å². The number of aryl methyl sites for hydroxylation is 1. The molecule has 0 aliphatic rings. The van der Waals surface area contributed by atoms with Gasteiger partial charge < -0.3 is 10.4 Å². The molecule has 0 atom stereocenters. The lowest BCUT2D eigenvalue weighted by atomic mass is 9.81. The van der Waals surface area contributed by atoms with Gasteiger partial charge in [-0.3, -0.25) is 9.59 Å². The van der Waals surface area contributed by atoms with Crippen LogP contribution in [-0.4, -0.2) is 17.0 Å². The first-order valence-electron chi connectivity index (χ1n) is 7.49.